The Balaban J connectivity index is 2.19. The molecular weight excluding hydrogens is 282 g/mol. The van der Waals surface area contributed by atoms with Gasteiger partial charge in [0.25, 0.3) is 0 Å². The summed E-state index contributed by atoms with van der Waals surface area (Å²) in [6, 6.07) is 9.43. The summed E-state index contributed by atoms with van der Waals surface area (Å²) in [7, 11) is 1.31. The van der Waals surface area contributed by atoms with Crippen LogP contribution < -0.4 is 5.32 Å². The van der Waals surface area contributed by atoms with Crippen LogP contribution in [-0.4, -0.2) is 24.5 Å². The molecule has 1 aromatic carbocycles. The molecule has 2 rings (SSSR count). The van der Waals surface area contributed by atoms with Gasteiger partial charge < -0.3 is 14.5 Å². The average molecular weight is 303 g/mol. The summed E-state index contributed by atoms with van der Waals surface area (Å²) in [6.07, 6.45) is 0.443. The normalized spacial score (nSPS) is 15.1. The van der Waals surface area contributed by atoms with Crippen LogP contribution in [0.5, 0.6) is 0 Å². The Morgan fingerprint density at radius 2 is 2.05 bits per heavy atom. The van der Waals surface area contributed by atoms with Gasteiger partial charge in [0.15, 0.2) is 0 Å². The molecule has 0 radical (unpaired) electrons. The average Bonchev–Trinajstić information content (AvgIpc) is 2.96. The Kier molecular flexibility index (Phi) is 4.54. The molecule has 0 fully saturated rings. The van der Waals surface area contributed by atoms with Gasteiger partial charge in [0.1, 0.15) is 16.9 Å². The van der Waals surface area contributed by atoms with Gasteiger partial charge in [0.2, 0.25) is 5.91 Å². The number of hydrogen-bond acceptors (Lipinski definition) is 4. The monoisotopic (exact) mass is 303 g/mol. The Labute approximate surface area is 129 Å². The van der Waals surface area contributed by atoms with Crippen molar-refractivity contribution in [2.75, 3.05) is 7.11 Å². The molecule has 5 heteroatoms. The van der Waals surface area contributed by atoms with Crippen LogP contribution >= 0.6 is 0 Å². The molecule has 0 saturated heterocycles. The van der Waals surface area contributed by atoms with Crippen molar-refractivity contribution in [1.82, 2.24) is 5.32 Å². The smallest absolute Gasteiger partial charge is 0.331 e. The van der Waals surface area contributed by atoms with Gasteiger partial charge in [-0.05, 0) is 32.4 Å². The first-order valence-corrected chi connectivity index (χ1v) is 7.30. The number of fused-ring (bicyclic) bond motifs is 1. The van der Waals surface area contributed by atoms with Gasteiger partial charge in [0, 0.05) is 5.39 Å². The number of methoxy groups -OCH3 is 1. The van der Waals surface area contributed by atoms with E-state index < -0.39 is 17.4 Å². The highest BCUT2D eigenvalue weighted by Gasteiger charge is 2.36. The maximum Gasteiger partial charge on any atom is 0.331 e. The van der Waals surface area contributed by atoms with Gasteiger partial charge in [-0.25, -0.2) is 4.79 Å². The molecule has 0 aliphatic rings. The second-order valence-corrected chi connectivity index (χ2v) is 5.57. The molecule has 22 heavy (non-hydrogen) atoms. The van der Waals surface area contributed by atoms with E-state index in [0.717, 1.165) is 11.0 Å². The first-order valence-electron chi connectivity index (χ1n) is 7.30. The zero-order chi connectivity index (χ0) is 16.3. The van der Waals surface area contributed by atoms with Crippen LogP contribution in [0.1, 0.15) is 38.9 Å². The van der Waals surface area contributed by atoms with Crippen LogP contribution in [0.25, 0.3) is 11.0 Å². The Bertz CT molecular complexity index is 658. The molecule has 0 aliphatic heterocycles. The Morgan fingerprint density at radius 3 is 2.64 bits per heavy atom. The fourth-order valence-electron chi connectivity index (χ4n) is 2.23. The van der Waals surface area contributed by atoms with Crippen molar-refractivity contribution in [1.29, 1.82) is 0 Å². The van der Waals surface area contributed by atoms with Crippen molar-refractivity contribution in [3.8, 4) is 0 Å². The lowest BCUT2D eigenvalue weighted by Crippen LogP contribution is -2.53. The number of benzene rings is 1. The summed E-state index contributed by atoms with van der Waals surface area (Å²) in [5.41, 5.74) is -0.296. The number of rotatable bonds is 5. The van der Waals surface area contributed by atoms with Crippen molar-refractivity contribution >= 4 is 22.8 Å². The van der Waals surface area contributed by atoms with E-state index in [1.54, 1.807) is 13.8 Å². The lowest BCUT2D eigenvalue weighted by atomic mass is 9.97. The van der Waals surface area contributed by atoms with E-state index in [4.69, 9.17) is 9.15 Å². The van der Waals surface area contributed by atoms with Crippen molar-refractivity contribution < 1.29 is 18.7 Å². The molecule has 2 unspecified atom stereocenters. The van der Waals surface area contributed by atoms with Crippen LogP contribution in [0, 0.1) is 0 Å². The number of nitrogens with one attached hydrogen (secondary N) is 1. The van der Waals surface area contributed by atoms with Crippen LogP contribution in [-0.2, 0) is 14.3 Å². The fourth-order valence-corrected chi connectivity index (χ4v) is 2.23. The second kappa shape index (κ2) is 6.22. The quantitative estimate of drug-likeness (QED) is 0.862. The van der Waals surface area contributed by atoms with Crippen molar-refractivity contribution in [3.05, 3.63) is 36.1 Å². The fraction of sp³-hybridized carbons (Fsp3) is 0.412. The summed E-state index contributed by atoms with van der Waals surface area (Å²) < 4.78 is 10.5. The number of esters is 1. The summed E-state index contributed by atoms with van der Waals surface area (Å²) >= 11 is 0. The summed E-state index contributed by atoms with van der Waals surface area (Å²) in [5, 5.41) is 3.71. The number of para-hydroxylation sites is 1. The number of carbonyl (C=O) groups excluding carboxylic acids is 2. The van der Waals surface area contributed by atoms with Crippen LogP contribution in [0.4, 0.5) is 0 Å². The minimum Gasteiger partial charge on any atom is -0.467 e. The van der Waals surface area contributed by atoms with E-state index in [0.29, 0.717) is 12.2 Å². The predicted molar refractivity (Wildman–Crippen MR) is 83.5 cm³/mol. The third-order valence-corrected chi connectivity index (χ3v) is 4.01. The van der Waals surface area contributed by atoms with E-state index in [9.17, 15) is 9.59 Å². The molecule has 1 aromatic heterocycles. The van der Waals surface area contributed by atoms with Gasteiger partial charge in [-0.1, -0.05) is 25.1 Å². The van der Waals surface area contributed by atoms with Crippen molar-refractivity contribution in [2.45, 2.75) is 38.6 Å². The lowest BCUT2D eigenvalue weighted by molar-refractivity contribution is -0.150. The molecule has 1 heterocycles. The maximum absolute atomic E-state index is 12.4. The zero-order valence-corrected chi connectivity index (χ0v) is 13.3. The van der Waals surface area contributed by atoms with Gasteiger partial charge in [-0.3, -0.25) is 4.79 Å². The number of hydrogen-bond donors (Lipinski definition) is 1. The maximum atomic E-state index is 12.4. The number of ether oxygens (including phenoxy) is 1. The first-order chi connectivity index (χ1) is 10.4. The minimum absolute atomic E-state index is 0.270. The highest BCUT2D eigenvalue weighted by Crippen LogP contribution is 2.26. The van der Waals surface area contributed by atoms with Gasteiger partial charge in [0.05, 0.1) is 13.0 Å². The molecule has 118 valence electrons. The Hall–Kier alpha value is -2.30. The topological polar surface area (TPSA) is 68.5 Å². The Morgan fingerprint density at radius 1 is 1.36 bits per heavy atom. The minimum atomic E-state index is -1.04. The van der Waals surface area contributed by atoms with Crippen molar-refractivity contribution in [3.63, 3.8) is 0 Å². The van der Waals surface area contributed by atoms with E-state index in [1.807, 2.05) is 37.3 Å². The summed E-state index contributed by atoms with van der Waals surface area (Å²) in [4.78, 5) is 24.3. The standard InChI is InChI=1S/C17H21NO4/c1-5-17(3,16(20)21-4)18-15(19)11(2)14-10-12-8-6-7-9-13(12)22-14/h6-11H,5H2,1-4H3,(H,18,19). The molecule has 0 bridgehead atoms. The molecule has 5 nitrogen and oxygen atoms in total. The summed E-state index contributed by atoms with van der Waals surface area (Å²) in [5.74, 6) is -0.654. The first kappa shape index (κ1) is 16.1. The number of amides is 1. The third kappa shape index (κ3) is 2.98. The van der Waals surface area contributed by atoms with Gasteiger partial charge >= 0.3 is 5.97 Å². The van der Waals surface area contributed by atoms with Gasteiger partial charge in [-0.2, -0.15) is 0 Å². The molecule has 0 spiro atoms. The highest BCUT2D eigenvalue weighted by atomic mass is 16.5. The largest absolute Gasteiger partial charge is 0.467 e. The van der Waals surface area contributed by atoms with Gasteiger partial charge in [-0.15, -0.1) is 0 Å². The predicted octanol–water partition coefficient (Wildman–Crippen LogP) is 2.99. The second-order valence-electron chi connectivity index (χ2n) is 5.57. The van der Waals surface area contributed by atoms with E-state index in [-0.39, 0.29) is 5.91 Å². The zero-order valence-electron chi connectivity index (χ0n) is 13.3. The molecule has 1 N–H and O–H groups in total. The van der Waals surface area contributed by atoms with Crippen LogP contribution in [0.3, 0.4) is 0 Å². The molecular formula is C17H21NO4. The van der Waals surface area contributed by atoms with Crippen molar-refractivity contribution in [2.24, 2.45) is 0 Å². The molecule has 1 amide bonds. The van der Waals surface area contributed by atoms with Crippen LogP contribution in [0.15, 0.2) is 34.7 Å². The molecule has 2 aromatic rings. The molecule has 2 atom stereocenters. The summed E-state index contributed by atoms with van der Waals surface area (Å²) in [6.45, 7) is 5.23. The lowest BCUT2D eigenvalue weighted by Gasteiger charge is -2.27. The van der Waals surface area contributed by atoms with Crippen LogP contribution in [0.2, 0.25) is 0 Å². The molecule has 0 saturated carbocycles. The number of furan rings is 1. The molecule has 0 aliphatic carbocycles. The van der Waals surface area contributed by atoms with E-state index >= 15 is 0 Å². The number of carbonyl (C=O) groups is 2. The SMILES string of the molecule is CCC(C)(NC(=O)C(C)c1cc2ccccc2o1)C(=O)OC. The third-order valence-electron chi connectivity index (χ3n) is 4.01. The van der Waals surface area contributed by atoms with E-state index in [2.05, 4.69) is 5.32 Å². The highest BCUT2D eigenvalue weighted by molar-refractivity contribution is 5.91. The van der Waals surface area contributed by atoms with E-state index in [1.165, 1.54) is 7.11 Å².